The van der Waals surface area contributed by atoms with Crippen molar-refractivity contribution in [3.8, 4) is 0 Å². The molecular formula is C44H82NO10P. The van der Waals surface area contributed by atoms with Gasteiger partial charge in [-0.05, 0) is 71.1 Å². The van der Waals surface area contributed by atoms with Gasteiger partial charge in [-0.1, -0.05) is 141 Å². The Morgan fingerprint density at radius 2 is 0.982 bits per heavy atom. The molecule has 328 valence electrons. The molecule has 0 aliphatic heterocycles. The topological polar surface area (TPSA) is 147 Å². The lowest BCUT2D eigenvalue weighted by Gasteiger charge is -2.20. The molecule has 0 aromatic carbocycles. The lowest BCUT2D eigenvalue weighted by Crippen LogP contribution is -2.30. The number of phosphoric acid groups is 1. The van der Waals surface area contributed by atoms with Gasteiger partial charge in [0.2, 0.25) is 0 Å². The summed E-state index contributed by atoms with van der Waals surface area (Å²) in [5, 5.41) is 2.38. The maximum Gasteiger partial charge on any atom is 0.472 e. The van der Waals surface area contributed by atoms with Crippen LogP contribution in [0.5, 0.6) is 0 Å². The van der Waals surface area contributed by atoms with Crippen molar-refractivity contribution in [2.45, 2.75) is 207 Å². The van der Waals surface area contributed by atoms with Crippen LogP contribution < -0.4 is 5.32 Å². The molecule has 1 unspecified atom stereocenters. The number of alkyl carbamates (subject to hydrolysis) is 1. The van der Waals surface area contributed by atoms with E-state index >= 15 is 0 Å². The quantitative estimate of drug-likeness (QED) is 0.0201. The summed E-state index contributed by atoms with van der Waals surface area (Å²) in [5.41, 5.74) is 0. The molecule has 0 radical (unpaired) electrons. The van der Waals surface area contributed by atoms with E-state index < -0.39 is 38.6 Å². The van der Waals surface area contributed by atoms with E-state index in [2.05, 4.69) is 43.5 Å². The van der Waals surface area contributed by atoms with Gasteiger partial charge >= 0.3 is 25.9 Å². The van der Waals surface area contributed by atoms with E-state index in [1.165, 1.54) is 83.5 Å². The van der Waals surface area contributed by atoms with Crippen LogP contribution in [0.4, 0.5) is 4.79 Å². The third-order valence-corrected chi connectivity index (χ3v) is 10.3. The summed E-state index contributed by atoms with van der Waals surface area (Å²) < 4.78 is 38.0. The molecule has 0 aromatic heterocycles. The van der Waals surface area contributed by atoms with Crippen molar-refractivity contribution in [2.75, 3.05) is 33.0 Å². The zero-order valence-corrected chi connectivity index (χ0v) is 36.7. The number of carbonyl (C=O) groups excluding carboxylic acids is 3. The Morgan fingerprint density at radius 3 is 1.45 bits per heavy atom. The molecule has 0 aliphatic rings. The third-order valence-electron chi connectivity index (χ3n) is 9.34. The van der Waals surface area contributed by atoms with Crippen LogP contribution in [-0.4, -0.2) is 62.0 Å². The van der Waals surface area contributed by atoms with Crippen LogP contribution in [0.3, 0.4) is 0 Å². The lowest BCUT2D eigenvalue weighted by atomic mass is 10.1. The average molecular weight is 816 g/mol. The minimum absolute atomic E-state index is 0.0743. The Bertz CT molecular complexity index is 1040. The standard InChI is InChI=1S/C44H82NO10P/c1-4-7-9-11-13-15-17-19-21-23-25-27-29-31-33-35-42(46)52-39-41(40-54-56(49,50)53-38-37-45-44(48)51-6-3)55-43(47)36-34-32-30-28-26-24-22-20-18-16-14-12-10-8-5-2/h19-22,41H,4-18,23-40H2,1-3H3,(H,45,48)(H,49,50)/t41-/m1/s1. The number of ether oxygens (including phenoxy) is 3. The molecule has 12 heteroatoms. The van der Waals surface area contributed by atoms with Crippen LogP contribution in [0.15, 0.2) is 24.3 Å². The number of allylic oxidation sites excluding steroid dienone is 4. The summed E-state index contributed by atoms with van der Waals surface area (Å²) in [6.07, 6.45) is 37.9. The summed E-state index contributed by atoms with van der Waals surface area (Å²) in [5.74, 6) is -0.911. The van der Waals surface area contributed by atoms with Crippen LogP contribution in [0.25, 0.3) is 0 Å². The van der Waals surface area contributed by atoms with Crippen LogP contribution in [-0.2, 0) is 37.4 Å². The Balaban J connectivity index is 4.45. The number of phosphoric ester groups is 1. The van der Waals surface area contributed by atoms with E-state index in [1.807, 2.05) is 0 Å². The Labute approximate surface area is 341 Å². The van der Waals surface area contributed by atoms with Crippen molar-refractivity contribution >= 4 is 25.9 Å². The average Bonchev–Trinajstić information content (AvgIpc) is 3.17. The van der Waals surface area contributed by atoms with Gasteiger partial charge in [-0.2, -0.15) is 0 Å². The van der Waals surface area contributed by atoms with Gasteiger partial charge < -0.3 is 24.4 Å². The first-order valence-corrected chi connectivity index (χ1v) is 23.9. The number of carbonyl (C=O) groups is 3. The van der Waals surface area contributed by atoms with Gasteiger partial charge in [-0.3, -0.25) is 18.6 Å². The first kappa shape index (κ1) is 53.8. The van der Waals surface area contributed by atoms with E-state index in [0.29, 0.717) is 12.8 Å². The fourth-order valence-corrected chi connectivity index (χ4v) is 6.76. The predicted molar refractivity (Wildman–Crippen MR) is 226 cm³/mol. The van der Waals surface area contributed by atoms with Crippen molar-refractivity contribution < 1.29 is 47.1 Å². The van der Waals surface area contributed by atoms with Gasteiger partial charge in [0.15, 0.2) is 6.10 Å². The molecule has 0 fully saturated rings. The normalized spacial score (nSPS) is 13.2. The monoisotopic (exact) mass is 816 g/mol. The zero-order valence-electron chi connectivity index (χ0n) is 35.8. The van der Waals surface area contributed by atoms with Crippen molar-refractivity contribution in [2.24, 2.45) is 0 Å². The molecule has 0 saturated heterocycles. The largest absolute Gasteiger partial charge is 0.472 e. The highest BCUT2D eigenvalue weighted by Gasteiger charge is 2.26. The van der Waals surface area contributed by atoms with Crippen LogP contribution in [0.1, 0.15) is 201 Å². The second-order valence-corrected chi connectivity index (χ2v) is 16.2. The maximum absolute atomic E-state index is 12.7. The molecule has 0 saturated carbocycles. The molecule has 0 spiro atoms. The third kappa shape index (κ3) is 40.0. The number of hydrogen-bond acceptors (Lipinski definition) is 9. The molecule has 0 rings (SSSR count). The molecule has 56 heavy (non-hydrogen) atoms. The molecule has 0 bridgehead atoms. The van der Waals surface area contributed by atoms with Crippen molar-refractivity contribution in [3.05, 3.63) is 24.3 Å². The first-order chi connectivity index (χ1) is 27.2. The number of esters is 2. The molecule has 0 aliphatic carbocycles. The van der Waals surface area contributed by atoms with Gasteiger partial charge in [0.05, 0.1) is 19.8 Å². The highest BCUT2D eigenvalue weighted by Crippen LogP contribution is 2.43. The van der Waals surface area contributed by atoms with E-state index in [4.69, 9.17) is 23.3 Å². The summed E-state index contributed by atoms with van der Waals surface area (Å²) in [6, 6.07) is 0. The molecular weight excluding hydrogens is 733 g/mol. The molecule has 1 amide bonds. The minimum Gasteiger partial charge on any atom is -0.462 e. The summed E-state index contributed by atoms with van der Waals surface area (Å²) in [7, 11) is -4.55. The highest BCUT2D eigenvalue weighted by atomic mass is 31.2. The maximum atomic E-state index is 12.7. The fourth-order valence-electron chi connectivity index (χ4n) is 6.01. The second-order valence-electron chi connectivity index (χ2n) is 14.7. The van der Waals surface area contributed by atoms with Gasteiger partial charge in [0.25, 0.3) is 0 Å². The summed E-state index contributed by atoms with van der Waals surface area (Å²) in [4.78, 5) is 46.6. The molecule has 0 heterocycles. The van der Waals surface area contributed by atoms with Gasteiger partial charge in [-0.15, -0.1) is 0 Å². The number of amides is 1. The van der Waals surface area contributed by atoms with Crippen LogP contribution in [0.2, 0.25) is 0 Å². The van der Waals surface area contributed by atoms with Crippen molar-refractivity contribution in [1.29, 1.82) is 0 Å². The van der Waals surface area contributed by atoms with Crippen LogP contribution in [0, 0.1) is 0 Å². The highest BCUT2D eigenvalue weighted by molar-refractivity contribution is 7.47. The van der Waals surface area contributed by atoms with Gasteiger partial charge in [0.1, 0.15) is 6.61 Å². The SMILES string of the molecule is CCCCCCCCC=CCCCCCCCC(=O)OC[C@H](COP(=O)(O)OCCNC(=O)OCC)OC(=O)CCCCCCCC=CCCCCCCCC. The molecule has 0 aromatic rings. The first-order valence-electron chi connectivity index (χ1n) is 22.4. The Kier molecular flexibility index (Phi) is 39.4. The summed E-state index contributed by atoms with van der Waals surface area (Å²) in [6.45, 7) is 5.15. The number of unbranched alkanes of at least 4 members (excludes halogenated alkanes) is 22. The van der Waals surface area contributed by atoms with Gasteiger partial charge in [0, 0.05) is 19.4 Å². The fraction of sp³-hybridized carbons (Fsp3) is 0.841. The minimum atomic E-state index is -4.55. The summed E-state index contributed by atoms with van der Waals surface area (Å²) >= 11 is 0. The van der Waals surface area contributed by atoms with Crippen molar-refractivity contribution in [1.82, 2.24) is 5.32 Å². The zero-order chi connectivity index (χ0) is 41.2. The van der Waals surface area contributed by atoms with E-state index in [-0.39, 0.29) is 39.2 Å². The number of hydrogen-bond donors (Lipinski definition) is 2. The van der Waals surface area contributed by atoms with Crippen molar-refractivity contribution in [3.63, 3.8) is 0 Å². The Hall–Kier alpha value is -2.20. The van der Waals surface area contributed by atoms with Crippen LogP contribution >= 0.6 is 7.82 Å². The number of rotatable bonds is 41. The molecule has 2 atom stereocenters. The lowest BCUT2D eigenvalue weighted by molar-refractivity contribution is -0.161. The van der Waals surface area contributed by atoms with E-state index in [0.717, 1.165) is 70.6 Å². The second kappa shape index (κ2) is 41.0. The molecule has 2 N–H and O–H groups in total. The van der Waals surface area contributed by atoms with Gasteiger partial charge in [-0.25, -0.2) is 9.36 Å². The predicted octanol–water partition coefficient (Wildman–Crippen LogP) is 12.4. The number of nitrogens with one attached hydrogen (secondary N) is 1. The molecule has 11 nitrogen and oxygen atoms in total. The van der Waals surface area contributed by atoms with E-state index in [9.17, 15) is 23.8 Å². The Morgan fingerprint density at radius 1 is 0.554 bits per heavy atom. The smallest absolute Gasteiger partial charge is 0.462 e. The van der Waals surface area contributed by atoms with E-state index in [1.54, 1.807) is 6.92 Å².